The van der Waals surface area contributed by atoms with Crippen molar-refractivity contribution in [2.75, 3.05) is 0 Å². The summed E-state index contributed by atoms with van der Waals surface area (Å²) in [7, 11) is 0.499. The second kappa shape index (κ2) is 5.62. The van der Waals surface area contributed by atoms with Gasteiger partial charge in [-0.3, -0.25) is 0 Å². The van der Waals surface area contributed by atoms with Gasteiger partial charge in [-0.05, 0) is 18.1 Å². The van der Waals surface area contributed by atoms with Crippen molar-refractivity contribution in [3.05, 3.63) is 35.4 Å². The zero-order chi connectivity index (χ0) is 15.9. The lowest BCUT2D eigenvalue weighted by molar-refractivity contribution is 0.0689. The van der Waals surface area contributed by atoms with E-state index in [0.29, 0.717) is 17.1 Å². The molecule has 2 aromatic rings. The first kappa shape index (κ1) is 14.9. The number of fused-ring (bicyclic) bond motifs is 1. The summed E-state index contributed by atoms with van der Waals surface area (Å²) in [6.45, 7) is 0. The number of aryl methyl sites for hydroxylation is 1. The highest BCUT2D eigenvalue weighted by atomic mass is 32.2. The van der Waals surface area contributed by atoms with Gasteiger partial charge >= 0.3 is 13.1 Å². The summed E-state index contributed by atoms with van der Waals surface area (Å²) in [5.74, 6) is -2.44. The van der Waals surface area contributed by atoms with Crippen molar-refractivity contribution in [1.82, 2.24) is 14.8 Å². The van der Waals surface area contributed by atoms with E-state index in [2.05, 4.69) is 10.2 Å². The molecular weight excluding hydrogens is 312 g/mol. The SMILES string of the molecule is Cn1cnnc1S[C@H]1Cc2ccc(F)c(C(=O)O)c2OB1O. The normalized spacial score (nSPS) is 17.0. The summed E-state index contributed by atoms with van der Waals surface area (Å²) >= 11 is 1.26. The van der Waals surface area contributed by atoms with Crippen molar-refractivity contribution in [2.45, 2.75) is 16.7 Å². The number of halogens is 1. The van der Waals surface area contributed by atoms with Crippen molar-refractivity contribution in [3.8, 4) is 5.75 Å². The van der Waals surface area contributed by atoms with Gasteiger partial charge in [0.1, 0.15) is 23.5 Å². The molecule has 1 atom stereocenters. The molecule has 0 unspecified atom stereocenters. The van der Waals surface area contributed by atoms with Crippen LogP contribution < -0.4 is 4.65 Å². The molecule has 1 aromatic carbocycles. The molecule has 0 saturated carbocycles. The molecule has 0 radical (unpaired) electrons. The first-order valence-electron chi connectivity index (χ1n) is 6.37. The van der Waals surface area contributed by atoms with Gasteiger partial charge in [0.25, 0.3) is 0 Å². The Morgan fingerprint density at radius 1 is 1.59 bits per heavy atom. The molecule has 2 heterocycles. The average molecular weight is 323 g/mol. The van der Waals surface area contributed by atoms with E-state index in [1.807, 2.05) is 0 Å². The second-order valence-corrected chi connectivity index (χ2v) is 6.02. The number of thioether (sulfide) groups is 1. The Morgan fingerprint density at radius 3 is 3.00 bits per heavy atom. The van der Waals surface area contributed by atoms with E-state index in [-0.39, 0.29) is 5.75 Å². The summed E-state index contributed by atoms with van der Waals surface area (Å²) < 4.78 is 20.6. The zero-order valence-electron chi connectivity index (χ0n) is 11.4. The first-order chi connectivity index (χ1) is 10.5. The lowest BCUT2D eigenvalue weighted by atomic mass is 9.77. The number of nitrogens with zero attached hydrogens (tertiary/aromatic N) is 3. The van der Waals surface area contributed by atoms with Crippen LogP contribution in [0, 0.1) is 5.82 Å². The van der Waals surface area contributed by atoms with Crippen LogP contribution >= 0.6 is 11.8 Å². The highest BCUT2D eigenvalue weighted by Crippen LogP contribution is 2.36. The van der Waals surface area contributed by atoms with Gasteiger partial charge in [0.2, 0.25) is 0 Å². The van der Waals surface area contributed by atoms with E-state index in [1.54, 1.807) is 11.6 Å². The number of carboxylic acids is 1. The fourth-order valence-electron chi connectivity index (χ4n) is 2.23. The number of aromatic nitrogens is 3. The van der Waals surface area contributed by atoms with Gasteiger partial charge in [-0.2, -0.15) is 0 Å². The van der Waals surface area contributed by atoms with Crippen molar-refractivity contribution in [2.24, 2.45) is 7.05 Å². The predicted molar refractivity (Wildman–Crippen MR) is 76.3 cm³/mol. The minimum absolute atomic E-state index is 0.116. The molecule has 3 rings (SSSR count). The van der Waals surface area contributed by atoms with Gasteiger partial charge in [-0.15, -0.1) is 10.2 Å². The van der Waals surface area contributed by atoms with E-state index >= 15 is 0 Å². The topological polar surface area (TPSA) is 97.5 Å². The molecule has 0 aliphatic carbocycles. The van der Waals surface area contributed by atoms with Crippen molar-refractivity contribution < 1.29 is 24.0 Å². The smallest absolute Gasteiger partial charge is 0.535 e. The number of rotatable bonds is 3. The standard InChI is InChI=1S/C12H11BFN3O4S/c1-17-5-15-16-12(17)22-8-4-6-2-3-7(14)9(11(18)19)10(6)21-13(8)20/h2-3,5,8,20H,4H2,1H3,(H,18,19)/t8-/m0/s1. The summed E-state index contributed by atoms with van der Waals surface area (Å²) in [5.41, 5.74) is -0.0255. The maximum atomic E-state index is 13.6. The molecule has 0 bridgehead atoms. The summed E-state index contributed by atoms with van der Waals surface area (Å²) in [4.78, 5) is 11.2. The third-order valence-electron chi connectivity index (χ3n) is 3.31. The zero-order valence-corrected chi connectivity index (χ0v) is 12.2. The van der Waals surface area contributed by atoms with Gasteiger partial charge < -0.3 is 19.4 Å². The minimum Gasteiger partial charge on any atom is -0.535 e. The molecule has 10 heteroatoms. The monoisotopic (exact) mass is 323 g/mol. The quantitative estimate of drug-likeness (QED) is 0.805. The molecule has 0 spiro atoms. The maximum absolute atomic E-state index is 13.6. The highest BCUT2D eigenvalue weighted by molar-refractivity contribution is 8.01. The fraction of sp³-hybridized carbons (Fsp3) is 0.250. The Kier molecular flexibility index (Phi) is 3.79. The van der Waals surface area contributed by atoms with Crippen LogP contribution in [0.25, 0.3) is 0 Å². The van der Waals surface area contributed by atoms with E-state index < -0.39 is 29.6 Å². The van der Waals surface area contributed by atoms with E-state index in [4.69, 9.17) is 9.76 Å². The Balaban J connectivity index is 1.91. The Bertz CT molecular complexity index is 741. The number of aromatic carboxylic acids is 1. The van der Waals surface area contributed by atoms with Gasteiger partial charge in [0, 0.05) is 7.05 Å². The van der Waals surface area contributed by atoms with Gasteiger partial charge in [-0.25, -0.2) is 9.18 Å². The van der Waals surface area contributed by atoms with Crippen LogP contribution in [-0.4, -0.2) is 43.1 Å². The molecule has 1 aliphatic heterocycles. The van der Waals surface area contributed by atoms with E-state index in [9.17, 15) is 14.2 Å². The van der Waals surface area contributed by atoms with Crippen LogP contribution in [0.4, 0.5) is 4.39 Å². The third-order valence-corrected chi connectivity index (χ3v) is 4.59. The van der Waals surface area contributed by atoms with Crippen LogP contribution in [0.1, 0.15) is 15.9 Å². The lowest BCUT2D eigenvalue weighted by Crippen LogP contribution is -2.41. The summed E-state index contributed by atoms with van der Waals surface area (Å²) in [5, 5.41) is 27.0. The van der Waals surface area contributed by atoms with Gasteiger partial charge in [0.05, 0.1) is 5.15 Å². The predicted octanol–water partition coefficient (Wildman–Crippen LogP) is 0.768. The average Bonchev–Trinajstić information content (AvgIpc) is 2.85. The van der Waals surface area contributed by atoms with Crippen LogP contribution in [0.2, 0.25) is 0 Å². The van der Waals surface area contributed by atoms with Gasteiger partial charge in [-0.1, -0.05) is 17.8 Å². The van der Waals surface area contributed by atoms with Crippen molar-refractivity contribution >= 4 is 24.8 Å². The van der Waals surface area contributed by atoms with Crippen LogP contribution in [0.5, 0.6) is 5.75 Å². The number of benzene rings is 1. The molecular formula is C12H11BFN3O4S. The van der Waals surface area contributed by atoms with Crippen LogP contribution in [-0.2, 0) is 13.5 Å². The van der Waals surface area contributed by atoms with Crippen molar-refractivity contribution in [1.29, 1.82) is 0 Å². The first-order valence-corrected chi connectivity index (χ1v) is 7.25. The summed E-state index contributed by atoms with van der Waals surface area (Å²) in [6.07, 6.45) is 1.86. The molecule has 0 amide bonds. The number of hydrogen-bond acceptors (Lipinski definition) is 6. The van der Waals surface area contributed by atoms with E-state index in [0.717, 1.165) is 6.07 Å². The molecule has 1 aromatic heterocycles. The number of carbonyl (C=O) groups is 1. The second-order valence-electron chi connectivity index (χ2n) is 4.81. The molecule has 22 heavy (non-hydrogen) atoms. The molecule has 1 aliphatic rings. The van der Waals surface area contributed by atoms with Gasteiger partial charge in [0.15, 0.2) is 5.16 Å². The number of carboxylic acid groups (broad SMARTS) is 1. The summed E-state index contributed by atoms with van der Waals surface area (Å²) in [6, 6.07) is 2.56. The fourth-order valence-corrected chi connectivity index (χ4v) is 3.24. The van der Waals surface area contributed by atoms with E-state index in [1.165, 1.54) is 24.2 Å². The van der Waals surface area contributed by atoms with Crippen LogP contribution in [0.3, 0.4) is 0 Å². The lowest BCUT2D eigenvalue weighted by Gasteiger charge is -2.27. The molecule has 0 fully saturated rings. The Morgan fingerprint density at radius 2 is 2.36 bits per heavy atom. The Labute approximate surface area is 129 Å². The molecule has 7 nitrogen and oxygen atoms in total. The van der Waals surface area contributed by atoms with Crippen molar-refractivity contribution in [3.63, 3.8) is 0 Å². The molecule has 114 valence electrons. The third kappa shape index (κ3) is 2.55. The largest absolute Gasteiger partial charge is 0.537 e. The maximum Gasteiger partial charge on any atom is 0.537 e. The molecule has 2 N–H and O–H groups in total. The number of hydrogen-bond donors (Lipinski definition) is 2. The highest BCUT2D eigenvalue weighted by Gasteiger charge is 2.39. The van der Waals surface area contributed by atoms with Crippen LogP contribution in [0.15, 0.2) is 23.6 Å². The minimum atomic E-state index is -1.43. The Hall–Kier alpha value is -2.07. The molecule has 0 saturated heterocycles.